The molecule has 0 atom stereocenters. The molecule has 0 spiro atoms. The Morgan fingerprint density at radius 3 is 2.46 bits per heavy atom. The number of anilines is 1. The molecule has 8 heteroatoms. The molecule has 28 heavy (non-hydrogen) atoms. The van der Waals surface area contributed by atoms with Crippen molar-refractivity contribution in [2.24, 2.45) is 0 Å². The smallest absolute Gasteiger partial charge is 0.339 e. The van der Waals surface area contributed by atoms with Gasteiger partial charge in [-0.25, -0.2) is 4.79 Å². The molecule has 0 aliphatic rings. The Balaban J connectivity index is 1.93. The van der Waals surface area contributed by atoms with Gasteiger partial charge < -0.3 is 19.4 Å². The van der Waals surface area contributed by atoms with Gasteiger partial charge in [0.05, 0.1) is 12.2 Å². The fraction of sp³-hybridized carbons (Fsp3) is 0.350. The maximum Gasteiger partial charge on any atom is 0.339 e. The molecule has 2 rings (SSSR count). The highest BCUT2D eigenvalue weighted by Crippen LogP contribution is 2.19. The first kappa shape index (κ1) is 21.5. The number of benzene rings is 1. The van der Waals surface area contributed by atoms with Crippen molar-refractivity contribution >= 4 is 35.1 Å². The number of hydrogen-bond acceptors (Lipinski definition) is 5. The van der Waals surface area contributed by atoms with Crippen molar-refractivity contribution in [3.8, 4) is 0 Å². The second-order valence-corrected chi connectivity index (χ2v) is 6.70. The summed E-state index contributed by atoms with van der Waals surface area (Å²) in [5, 5.41) is 3.24. The lowest BCUT2D eigenvalue weighted by molar-refractivity contribution is -0.147. The number of esters is 2. The molecule has 0 radical (unpaired) electrons. The van der Waals surface area contributed by atoms with E-state index in [0.29, 0.717) is 22.0 Å². The van der Waals surface area contributed by atoms with Crippen molar-refractivity contribution < 1.29 is 23.9 Å². The zero-order chi connectivity index (χ0) is 20.8. The number of aromatic nitrogens is 1. The molecule has 0 aliphatic carbocycles. The van der Waals surface area contributed by atoms with Gasteiger partial charge in [-0.05, 0) is 57.5 Å². The molecule has 0 saturated heterocycles. The highest BCUT2D eigenvalue weighted by atomic mass is 35.5. The monoisotopic (exact) mass is 406 g/mol. The van der Waals surface area contributed by atoms with E-state index in [0.717, 1.165) is 11.3 Å². The summed E-state index contributed by atoms with van der Waals surface area (Å²) < 4.78 is 11.7. The molecule has 1 aromatic carbocycles. The normalized spacial score (nSPS) is 10.5. The van der Waals surface area contributed by atoms with Crippen LogP contribution in [0, 0.1) is 20.8 Å². The van der Waals surface area contributed by atoms with Gasteiger partial charge in [0.25, 0.3) is 5.91 Å². The maximum atomic E-state index is 12.1. The molecule has 0 saturated carbocycles. The Morgan fingerprint density at radius 2 is 1.82 bits per heavy atom. The van der Waals surface area contributed by atoms with Crippen LogP contribution in [0.25, 0.3) is 0 Å². The molecule has 1 N–H and O–H groups in total. The van der Waals surface area contributed by atoms with Gasteiger partial charge in [0, 0.05) is 22.1 Å². The van der Waals surface area contributed by atoms with Crippen LogP contribution in [0.1, 0.15) is 34.2 Å². The van der Waals surface area contributed by atoms with E-state index in [4.69, 9.17) is 21.1 Å². The average molecular weight is 407 g/mol. The summed E-state index contributed by atoms with van der Waals surface area (Å²) in [6.45, 7) is 6.79. The summed E-state index contributed by atoms with van der Waals surface area (Å²) in [6, 6.07) is 6.73. The standard InChI is InChI=1S/C20H23ClN2O5/c1-5-27-20(26)16-9-13(3)23(14(16)4)10-19(25)28-11-18(24)22-17-7-6-15(21)8-12(17)2/h6-9H,5,10-11H2,1-4H3,(H,22,24). The molecule has 0 fully saturated rings. The number of halogens is 1. The maximum absolute atomic E-state index is 12.1. The van der Waals surface area contributed by atoms with E-state index in [9.17, 15) is 14.4 Å². The number of nitrogens with zero attached hydrogens (tertiary/aromatic N) is 1. The van der Waals surface area contributed by atoms with E-state index in [1.54, 1.807) is 49.6 Å². The first-order valence-corrected chi connectivity index (χ1v) is 9.16. The number of hydrogen-bond donors (Lipinski definition) is 1. The van der Waals surface area contributed by atoms with Crippen LogP contribution < -0.4 is 5.32 Å². The van der Waals surface area contributed by atoms with Gasteiger partial charge in [-0.15, -0.1) is 0 Å². The summed E-state index contributed by atoms with van der Waals surface area (Å²) in [5.74, 6) is -1.47. The van der Waals surface area contributed by atoms with E-state index in [-0.39, 0.29) is 13.2 Å². The first-order chi connectivity index (χ1) is 13.2. The highest BCUT2D eigenvalue weighted by Gasteiger charge is 2.19. The van der Waals surface area contributed by atoms with Gasteiger partial charge in [-0.1, -0.05) is 11.6 Å². The Morgan fingerprint density at radius 1 is 1.11 bits per heavy atom. The molecule has 2 aromatic rings. The SMILES string of the molecule is CCOC(=O)c1cc(C)n(CC(=O)OCC(=O)Nc2ccc(Cl)cc2C)c1C. The van der Waals surface area contributed by atoms with Crippen LogP contribution in [0.15, 0.2) is 24.3 Å². The number of nitrogens with one attached hydrogen (secondary N) is 1. The van der Waals surface area contributed by atoms with Gasteiger partial charge in [0.15, 0.2) is 6.61 Å². The topological polar surface area (TPSA) is 86.6 Å². The van der Waals surface area contributed by atoms with E-state index in [1.807, 2.05) is 6.92 Å². The zero-order valence-electron chi connectivity index (χ0n) is 16.3. The summed E-state index contributed by atoms with van der Waals surface area (Å²) in [7, 11) is 0. The molecule has 0 bridgehead atoms. The second kappa shape index (κ2) is 9.41. The third-order valence-electron chi connectivity index (χ3n) is 4.18. The van der Waals surface area contributed by atoms with Crippen molar-refractivity contribution in [1.29, 1.82) is 0 Å². The Labute approximate surface area is 168 Å². The van der Waals surface area contributed by atoms with Crippen LogP contribution in [-0.4, -0.2) is 35.6 Å². The molecule has 1 amide bonds. The molecule has 0 aliphatic heterocycles. The third kappa shape index (κ3) is 5.36. The van der Waals surface area contributed by atoms with E-state index < -0.39 is 24.5 Å². The lowest BCUT2D eigenvalue weighted by Gasteiger charge is -2.11. The van der Waals surface area contributed by atoms with Gasteiger partial charge in [-0.2, -0.15) is 0 Å². The lowest BCUT2D eigenvalue weighted by atomic mass is 10.2. The predicted octanol–water partition coefficient (Wildman–Crippen LogP) is 3.43. The fourth-order valence-electron chi connectivity index (χ4n) is 2.73. The van der Waals surface area contributed by atoms with Gasteiger partial charge in [0.1, 0.15) is 6.54 Å². The van der Waals surface area contributed by atoms with Crippen molar-refractivity contribution in [3.63, 3.8) is 0 Å². The quantitative estimate of drug-likeness (QED) is 0.712. The van der Waals surface area contributed by atoms with Gasteiger partial charge in [0.2, 0.25) is 0 Å². The number of rotatable bonds is 7. The van der Waals surface area contributed by atoms with Gasteiger partial charge >= 0.3 is 11.9 Å². The van der Waals surface area contributed by atoms with E-state index >= 15 is 0 Å². The van der Waals surface area contributed by atoms with Crippen LogP contribution >= 0.6 is 11.6 Å². The molecule has 0 unspecified atom stereocenters. The molecular weight excluding hydrogens is 384 g/mol. The Bertz CT molecular complexity index is 904. The van der Waals surface area contributed by atoms with Gasteiger partial charge in [-0.3, -0.25) is 9.59 Å². The fourth-order valence-corrected chi connectivity index (χ4v) is 2.96. The van der Waals surface area contributed by atoms with Crippen molar-refractivity contribution in [1.82, 2.24) is 4.57 Å². The first-order valence-electron chi connectivity index (χ1n) is 8.78. The lowest BCUT2D eigenvalue weighted by Crippen LogP contribution is -2.24. The molecule has 150 valence electrons. The van der Waals surface area contributed by atoms with Crippen LogP contribution in [0.3, 0.4) is 0 Å². The number of ether oxygens (including phenoxy) is 2. The zero-order valence-corrected chi connectivity index (χ0v) is 17.1. The summed E-state index contributed by atoms with van der Waals surface area (Å²) in [4.78, 5) is 36.1. The van der Waals surface area contributed by atoms with Crippen molar-refractivity contribution in [2.75, 3.05) is 18.5 Å². The van der Waals surface area contributed by atoms with Crippen molar-refractivity contribution in [3.05, 3.63) is 51.8 Å². The Hall–Kier alpha value is -2.80. The largest absolute Gasteiger partial charge is 0.462 e. The summed E-state index contributed by atoms with van der Waals surface area (Å²) in [5.41, 5.74) is 3.13. The van der Waals surface area contributed by atoms with Crippen LogP contribution in [-0.2, 0) is 25.6 Å². The minimum atomic E-state index is -0.583. The highest BCUT2D eigenvalue weighted by molar-refractivity contribution is 6.30. The van der Waals surface area contributed by atoms with E-state index in [2.05, 4.69) is 5.32 Å². The molecule has 1 heterocycles. The van der Waals surface area contributed by atoms with Crippen molar-refractivity contribution in [2.45, 2.75) is 34.2 Å². The minimum Gasteiger partial charge on any atom is -0.462 e. The van der Waals surface area contributed by atoms with Crippen LogP contribution in [0.2, 0.25) is 5.02 Å². The Kier molecular flexibility index (Phi) is 7.23. The van der Waals surface area contributed by atoms with Crippen LogP contribution in [0.4, 0.5) is 5.69 Å². The minimum absolute atomic E-state index is 0.107. The van der Waals surface area contributed by atoms with E-state index in [1.165, 1.54) is 0 Å². The number of aryl methyl sites for hydroxylation is 2. The third-order valence-corrected chi connectivity index (χ3v) is 4.42. The average Bonchev–Trinajstić information content (AvgIpc) is 2.91. The molecule has 7 nitrogen and oxygen atoms in total. The second-order valence-electron chi connectivity index (χ2n) is 6.26. The number of amides is 1. The summed E-state index contributed by atoms with van der Waals surface area (Å²) in [6.07, 6.45) is 0. The molecular formula is C20H23ClN2O5. The number of carbonyl (C=O) groups is 3. The summed E-state index contributed by atoms with van der Waals surface area (Å²) >= 11 is 5.88. The predicted molar refractivity (Wildman–Crippen MR) is 106 cm³/mol. The van der Waals surface area contributed by atoms with Crippen LogP contribution in [0.5, 0.6) is 0 Å². The molecule has 1 aromatic heterocycles. The number of carbonyl (C=O) groups excluding carboxylic acids is 3.